The molecule has 4 nitrogen and oxygen atoms in total. The second-order valence-corrected chi connectivity index (χ2v) is 4.05. The molecule has 0 radical (unpaired) electrons. The molecule has 0 amide bonds. The van der Waals surface area contributed by atoms with Crippen molar-refractivity contribution in [3.8, 4) is 23.1 Å². The molecule has 0 spiro atoms. The second-order valence-electron chi connectivity index (χ2n) is 3.62. The zero-order valence-corrected chi connectivity index (χ0v) is 10.4. The van der Waals surface area contributed by atoms with E-state index >= 15 is 0 Å². The fourth-order valence-electron chi connectivity index (χ4n) is 1.64. The van der Waals surface area contributed by atoms with Crippen molar-refractivity contribution in [1.82, 2.24) is 4.98 Å². The Bertz CT molecular complexity index is 635. The van der Waals surface area contributed by atoms with Gasteiger partial charge in [-0.1, -0.05) is 11.6 Å². The van der Waals surface area contributed by atoms with Gasteiger partial charge in [-0.15, -0.1) is 0 Å². The summed E-state index contributed by atoms with van der Waals surface area (Å²) in [4.78, 5) is 4.19. The van der Waals surface area contributed by atoms with Crippen LogP contribution in [-0.4, -0.2) is 12.1 Å². The maximum absolute atomic E-state index is 8.92. The molecule has 2 aromatic rings. The van der Waals surface area contributed by atoms with E-state index in [9.17, 15) is 0 Å². The van der Waals surface area contributed by atoms with Crippen molar-refractivity contribution in [2.45, 2.75) is 0 Å². The Hall–Kier alpha value is -2.25. The summed E-state index contributed by atoms with van der Waals surface area (Å²) in [5, 5.41) is 9.39. The minimum absolute atomic E-state index is 0.441. The summed E-state index contributed by atoms with van der Waals surface area (Å²) in [5.74, 6) is 0.607. The predicted molar refractivity (Wildman–Crippen MR) is 70.4 cm³/mol. The third-order valence-corrected chi connectivity index (χ3v) is 2.67. The van der Waals surface area contributed by atoms with Gasteiger partial charge in [0.2, 0.25) is 0 Å². The number of benzene rings is 1. The van der Waals surface area contributed by atoms with Crippen LogP contribution in [-0.2, 0) is 0 Å². The van der Waals surface area contributed by atoms with E-state index in [0.29, 0.717) is 33.3 Å². The molecule has 0 atom stereocenters. The van der Waals surface area contributed by atoms with Gasteiger partial charge in [0.15, 0.2) is 0 Å². The number of hydrogen-bond acceptors (Lipinski definition) is 4. The fourth-order valence-corrected chi connectivity index (χ4v) is 1.81. The van der Waals surface area contributed by atoms with Crippen LogP contribution in [0.3, 0.4) is 0 Å². The molecule has 0 aliphatic heterocycles. The average molecular weight is 260 g/mol. The molecule has 0 fully saturated rings. The SMILES string of the molecule is COc1ccc(C#N)cc1-c1ncc(Cl)cc1N. The molecule has 0 aliphatic rings. The maximum Gasteiger partial charge on any atom is 0.128 e. The van der Waals surface area contributed by atoms with Crippen molar-refractivity contribution in [1.29, 1.82) is 5.26 Å². The first-order valence-corrected chi connectivity index (χ1v) is 5.53. The van der Waals surface area contributed by atoms with Crippen LogP contribution < -0.4 is 10.5 Å². The van der Waals surface area contributed by atoms with E-state index in [2.05, 4.69) is 11.1 Å². The number of nitriles is 1. The van der Waals surface area contributed by atoms with Crippen LogP contribution in [0.4, 0.5) is 5.69 Å². The van der Waals surface area contributed by atoms with Gasteiger partial charge in [-0.2, -0.15) is 5.26 Å². The van der Waals surface area contributed by atoms with E-state index in [1.54, 1.807) is 31.4 Å². The van der Waals surface area contributed by atoms with Crippen LogP contribution in [0.5, 0.6) is 5.75 Å². The third-order valence-electron chi connectivity index (χ3n) is 2.47. The number of nitrogens with zero attached hydrogens (tertiary/aromatic N) is 2. The molecule has 2 rings (SSSR count). The molecule has 1 aromatic carbocycles. The first-order chi connectivity index (χ1) is 8.65. The summed E-state index contributed by atoms with van der Waals surface area (Å²) < 4.78 is 5.25. The van der Waals surface area contributed by atoms with Gasteiger partial charge in [-0.3, -0.25) is 4.98 Å². The summed E-state index contributed by atoms with van der Waals surface area (Å²) in [6.45, 7) is 0. The van der Waals surface area contributed by atoms with E-state index < -0.39 is 0 Å². The number of ether oxygens (including phenoxy) is 1. The molecule has 0 aliphatic carbocycles. The van der Waals surface area contributed by atoms with E-state index in [1.807, 2.05) is 0 Å². The third kappa shape index (κ3) is 2.22. The number of methoxy groups -OCH3 is 1. The highest BCUT2D eigenvalue weighted by molar-refractivity contribution is 6.30. The number of rotatable bonds is 2. The number of halogens is 1. The predicted octanol–water partition coefficient (Wildman–Crippen LogP) is 2.86. The summed E-state index contributed by atoms with van der Waals surface area (Å²) in [6, 6.07) is 8.76. The molecule has 0 bridgehead atoms. The molecule has 0 saturated heterocycles. The van der Waals surface area contributed by atoms with Crippen molar-refractivity contribution < 1.29 is 4.74 Å². The Labute approximate surface area is 110 Å². The van der Waals surface area contributed by atoms with E-state index in [0.717, 1.165) is 0 Å². The Morgan fingerprint density at radius 1 is 1.39 bits per heavy atom. The topological polar surface area (TPSA) is 71.9 Å². The second kappa shape index (κ2) is 4.94. The minimum Gasteiger partial charge on any atom is -0.496 e. The zero-order chi connectivity index (χ0) is 13.1. The number of anilines is 1. The summed E-state index contributed by atoms with van der Waals surface area (Å²) >= 11 is 5.81. The van der Waals surface area contributed by atoms with Crippen molar-refractivity contribution in [3.63, 3.8) is 0 Å². The van der Waals surface area contributed by atoms with Crippen LogP contribution in [0.15, 0.2) is 30.5 Å². The van der Waals surface area contributed by atoms with Crippen molar-refractivity contribution in [3.05, 3.63) is 41.0 Å². The summed E-state index contributed by atoms with van der Waals surface area (Å²) in [7, 11) is 1.55. The van der Waals surface area contributed by atoms with Crippen LogP contribution in [0.2, 0.25) is 5.02 Å². The monoisotopic (exact) mass is 259 g/mol. The van der Waals surface area contributed by atoms with Gasteiger partial charge in [0, 0.05) is 11.8 Å². The molecule has 5 heteroatoms. The molecule has 90 valence electrons. The molecule has 18 heavy (non-hydrogen) atoms. The maximum atomic E-state index is 8.92. The quantitative estimate of drug-likeness (QED) is 0.900. The van der Waals surface area contributed by atoms with Gasteiger partial charge < -0.3 is 10.5 Å². The first-order valence-electron chi connectivity index (χ1n) is 5.15. The number of nitrogens with two attached hydrogens (primary N) is 1. The Morgan fingerprint density at radius 2 is 2.17 bits per heavy atom. The Kier molecular flexibility index (Phi) is 3.35. The lowest BCUT2D eigenvalue weighted by atomic mass is 10.1. The highest BCUT2D eigenvalue weighted by Gasteiger charge is 2.11. The molecule has 1 heterocycles. The standard InChI is InChI=1S/C13H10ClN3O/c1-18-12-3-2-8(6-15)4-10(12)13-11(16)5-9(14)7-17-13/h2-5,7H,16H2,1H3. The van der Waals surface area contributed by atoms with Gasteiger partial charge >= 0.3 is 0 Å². The van der Waals surface area contributed by atoms with Gasteiger partial charge in [0.25, 0.3) is 0 Å². The van der Waals surface area contributed by atoms with Crippen molar-refractivity contribution in [2.75, 3.05) is 12.8 Å². The van der Waals surface area contributed by atoms with Crippen LogP contribution >= 0.6 is 11.6 Å². The smallest absolute Gasteiger partial charge is 0.128 e. The van der Waals surface area contributed by atoms with Crippen molar-refractivity contribution in [2.24, 2.45) is 0 Å². The van der Waals surface area contributed by atoms with Gasteiger partial charge in [-0.25, -0.2) is 0 Å². The lowest BCUT2D eigenvalue weighted by Gasteiger charge is -2.10. The van der Waals surface area contributed by atoms with E-state index in [4.69, 9.17) is 27.3 Å². The molecule has 0 saturated carbocycles. The van der Waals surface area contributed by atoms with Gasteiger partial charge in [0.05, 0.1) is 35.1 Å². The van der Waals surface area contributed by atoms with E-state index in [1.165, 1.54) is 6.20 Å². The average Bonchev–Trinajstić information content (AvgIpc) is 2.38. The number of hydrogen-bond donors (Lipinski definition) is 1. The highest BCUT2D eigenvalue weighted by atomic mass is 35.5. The largest absolute Gasteiger partial charge is 0.496 e. The lowest BCUT2D eigenvalue weighted by Crippen LogP contribution is -1.96. The normalized spacial score (nSPS) is 9.83. The Balaban J connectivity index is 2.65. The Morgan fingerprint density at radius 3 is 2.78 bits per heavy atom. The fraction of sp³-hybridized carbons (Fsp3) is 0.0769. The summed E-state index contributed by atoms with van der Waals surface area (Å²) in [5.41, 5.74) is 8.06. The van der Waals surface area contributed by atoms with Crippen LogP contribution in [0, 0.1) is 11.3 Å². The number of aromatic nitrogens is 1. The van der Waals surface area contributed by atoms with E-state index in [-0.39, 0.29) is 0 Å². The van der Waals surface area contributed by atoms with Crippen molar-refractivity contribution >= 4 is 17.3 Å². The van der Waals surface area contributed by atoms with Crippen LogP contribution in [0.1, 0.15) is 5.56 Å². The minimum atomic E-state index is 0.441. The first kappa shape index (κ1) is 12.2. The summed E-state index contributed by atoms with van der Waals surface area (Å²) in [6.07, 6.45) is 1.51. The molecular weight excluding hydrogens is 250 g/mol. The lowest BCUT2D eigenvalue weighted by molar-refractivity contribution is 0.416. The van der Waals surface area contributed by atoms with Crippen LogP contribution in [0.25, 0.3) is 11.3 Å². The zero-order valence-electron chi connectivity index (χ0n) is 9.64. The highest BCUT2D eigenvalue weighted by Crippen LogP contribution is 2.33. The van der Waals surface area contributed by atoms with Gasteiger partial charge in [-0.05, 0) is 24.3 Å². The molecule has 2 N–H and O–H groups in total. The number of nitrogen functional groups attached to an aromatic ring is 1. The molecule has 1 aromatic heterocycles. The van der Waals surface area contributed by atoms with Gasteiger partial charge in [0.1, 0.15) is 5.75 Å². The molecule has 0 unspecified atom stereocenters. The molecular formula is C13H10ClN3O. The number of pyridine rings is 1.